The van der Waals surface area contributed by atoms with Crippen LogP contribution in [0.5, 0.6) is 0 Å². The molecule has 16 heavy (non-hydrogen) atoms. The highest BCUT2D eigenvalue weighted by Gasteiger charge is 2.28. The molecule has 0 aromatic rings. The van der Waals surface area contributed by atoms with Gasteiger partial charge in [0.25, 0.3) is 0 Å². The van der Waals surface area contributed by atoms with Gasteiger partial charge in [0.05, 0.1) is 0 Å². The fourth-order valence-electron chi connectivity index (χ4n) is 1.74. The van der Waals surface area contributed by atoms with Gasteiger partial charge in [-0.05, 0) is 27.7 Å². The zero-order valence-corrected chi connectivity index (χ0v) is 10.5. The minimum absolute atomic E-state index is 0.0279. The maximum atomic E-state index is 11.7. The third-order valence-corrected chi connectivity index (χ3v) is 2.58. The number of hydrogen-bond acceptors (Lipinski definition) is 2. The highest BCUT2D eigenvalue weighted by molar-refractivity contribution is 5.85. The summed E-state index contributed by atoms with van der Waals surface area (Å²) in [6.07, 6.45) is 0. The van der Waals surface area contributed by atoms with E-state index in [2.05, 4.69) is 5.32 Å². The summed E-state index contributed by atoms with van der Waals surface area (Å²) < 4.78 is 0. The van der Waals surface area contributed by atoms with E-state index in [-0.39, 0.29) is 30.6 Å². The van der Waals surface area contributed by atoms with Crippen LogP contribution in [0.1, 0.15) is 27.7 Å². The monoisotopic (exact) mass is 227 g/mol. The van der Waals surface area contributed by atoms with Gasteiger partial charge >= 0.3 is 6.03 Å². The predicted octanol–water partition coefficient (Wildman–Crippen LogP) is 0.657. The van der Waals surface area contributed by atoms with Gasteiger partial charge in [-0.2, -0.15) is 0 Å². The van der Waals surface area contributed by atoms with Crippen molar-refractivity contribution < 1.29 is 9.59 Å². The Morgan fingerprint density at radius 1 is 1.25 bits per heavy atom. The maximum absolute atomic E-state index is 11.7. The molecule has 92 valence electrons. The van der Waals surface area contributed by atoms with Crippen molar-refractivity contribution >= 4 is 11.9 Å². The molecule has 0 saturated carbocycles. The van der Waals surface area contributed by atoms with Gasteiger partial charge in [-0.3, -0.25) is 4.79 Å². The van der Waals surface area contributed by atoms with Crippen LogP contribution in [0.3, 0.4) is 0 Å². The van der Waals surface area contributed by atoms with E-state index in [1.807, 2.05) is 27.7 Å². The number of urea groups is 1. The van der Waals surface area contributed by atoms with Crippen molar-refractivity contribution in [1.82, 2.24) is 15.1 Å². The van der Waals surface area contributed by atoms with Crippen LogP contribution in [0, 0.1) is 0 Å². The Bertz CT molecular complexity index is 274. The number of carbonyl (C=O) groups is 2. The molecule has 0 radical (unpaired) electrons. The molecular weight excluding hydrogens is 206 g/mol. The molecular formula is C11H21N3O2. The largest absolute Gasteiger partial charge is 0.337 e. The third-order valence-electron chi connectivity index (χ3n) is 2.58. The number of piperazine rings is 1. The van der Waals surface area contributed by atoms with Crippen LogP contribution in [-0.4, -0.2) is 53.5 Å². The Labute approximate surface area is 96.8 Å². The van der Waals surface area contributed by atoms with Gasteiger partial charge in [-0.25, -0.2) is 4.79 Å². The van der Waals surface area contributed by atoms with Gasteiger partial charge in [-0.15, -0.1) is 0 Å². The second-order valence-corrected chi connectivity index (χ2v) is 4.71. The molecule has 3 amide bonds. The van der Waals surface area contributed by atoms with E-state index in [0.29, 0.717) is 13.1 Å². The first-order valence-corrected chi connectivity index (χ1v) is 5.76. The van der Waals surface area contributed by atoms with Crippen LogP contribution in [0.4, 0.5) is 4.79 Å². The molecule has 0 aromatic carbocycles. The first-order chi connectivity index (χ1) is 7.41. The molecule has 1 rings (SSSR count). The first-order valence-electron chi connectivity index (χ1n) is 5.76. The lowest BCUT2D eigenvalue weighted by molar-refractivity contribution is -0.136. The van der Waals surface area contributed by atoms with Crippen LogP contribution in [0.15, 0.2) is 0 Å². The van der Waals surface area contributed by atoms with Gasteiger partial charge in [0.1, 0.15) is 6.54 Å². The molecule has 5 nitrogen and oxygen atoms in total. The minimum atomic E-state index is -0.147. The van der Waals surface area contributed by atoms with Gasteiger partial charge < -0.3 is 15.1 Å². The molecule has 0 unspecified atom stereocenters. The molecule has 1 N–H and O–H groups in total. The standard InChI is InChI=1S/C11H21N3O2/c1-8(2)12-11(16)13-5-6-14(9(3)4)10(15)7-13/h8-9H,5-7H2,1-4H3,(H,12,16). The molecule has 1 aliphatic rings. The highest BCUT2D eigenvalue weighted by atomic mass is 16.2. The predicted molar refractivity (Wildman–Crippen MR) is 62.1 cm³/mol. The maximum Gasteiger partial charge on any atom is 0.318 e. The van der Waals surface area contributed by atoms with E-state index < -0.39 is 0 Å². The topological polar surface area (TPSA) is 52.7 Å². The molecule has 0 aromatic heterocycles. The lowest BCUT2D eigenvalue weighted by atomic mass is 10.2. The minimum Gasteiger partial charge on any atom is -0.337 e. The normalized spacial score (nSPS) is 17.2. The van der Waals surface area contributed by atoms with Crippen molar-refractivity contribution in [2.24, 2.45) is 0 Å². The number of carbonyl (C=O) groups excluding carboxylic acids is 2. The van der Waals surface area contributed by atoms with Crippen LogP contribution in [0.2, 0.25) is 0 Å². The second-order valence-electron chi connectivity index (χ2n) is 4.71. The summed E-state index contributed by atoms with van der Waals surface area (Å²) in [6, 6.07) is 0.167. The molecule has 0 bridgehead atoms. The molecule has 1 aliphatic heterocycles. The number of amides is 3. The quantitative estimate of drug-likeness (QED) is 0.753. The number of rotatable bonds is 2. The molecule has 1 saturated heterocycles. The Hall–Kier alpha value is -1.26. The van der Waals surface area contributed by atoms with Gasteiger partial charge in [0.2, 0.25) is 5.91 Å². The zero-order valence-electron chi connectivity index (χ0n) is 10.5. The lowest BCUT2D eigenvalue weighted by Crippen LogP contribution is -2.56. The van der Waals surface area contributed by atoms with E-state index in [0.717, 1.165) is 0 Å². The van der Waals surface area contributed by atoms with E-state index in [1.54, 1.807) is 9.80 Å². The fraction of sp³-hybridized carbons (Fsp3) is 0.818. The summed E-state index contributed by atoms with van der Waals surface area (Å²) in [4.78, 5) is 26.8. The summed E-state index contributed by atoms with van der Waals surface area (Å²) in [7, 11) is 0. The van der Waals surface area contributed by atoms with E-state index in [9.17, 15) is 9.59 Å². The van der Waals surface area contributed by atoms with Gasteiger partial charge in [-0.1, -0.05) is 0 Å². The highest BCUT2D eigenvalue weighted by Crippen LogP contribution is 2.07. The zero-order chi connectivity index (χ0) is 12.3. The Morgan fingerprint density at radius 2 is 1.88 bits per heavy atom. The average molecular weight is 227 g/mol. The summed E-state index contributed by atoms with van der Waals surface area (Å²) in [5, 5.41) is 2.79. The summed E-state index contributed by atoms with van der Waals surface area (Å²) in [5.74, 6) is 0.0279. The van der Waals surface area contributed by atoms with Crippen molar-refractivity contribution in [3.63, 3.8) is 0 Å². The van der Waals surface area contributed by atoms with Crippen LogP contribution in [0.25, 0.3) is 0 Å². The molecule has 0 atom stereocenters. The summed E-state index contributed by atoms with van der Waals surface area (Å²) >= 11 is 0. The number of hydrogen-bond donors (Lipinski definition) is 1. The molecule has 0 spiro atoms. The van der Waals surface area contributed by atoms with Gasteiger partial charge in [0.15, 0.2) is 0 Å². The number of nitrogens with zero attached hydrogens (tertiary/aromatic N) is 2. The fourth-order valence-corrected chi connectivity index (χ4v) is 1.74. The second kappa shape index (κ2) is 5.18. The van der Waals surface area contributed by atoms with Crippen LogP contribution < -0.4 is 5.32 Å². The van der Waals surface area contributed by atoms with Crippen molar-refractivity contribution in [3.8, 4) is 0 Å². The molecule has 0 aliphatic carbocycles. The van der Waals surface area contributed by atoms with Crippen molar-refractivity contribution in [1.29, 1.82) is 0 Å². The van der Waals surface area contributed by atoms with E-state index in [1.165, 1.54) is 0 Å². The van der Waals surface area contributed by atoms with Crippen molar-refractivity contribution in [2.75, 3.05) is 19.6 Å². The SMILES string of the molecule is CC(C)NC(=O)N1CCN(C(C)C)C(=O)C1. The smallest absolute Gasteiger partial charge is 0.318 e. The van der Waals surface area contributed by atoms with Crippen molar-refractivity contribution in [3.05, 3.63) is 0 Å². The number of nitrogens with one attached hydrogen (secondary N) is 1. The summed E-state index contributed by atoms with van der Waals surface area (Å²) in [6.45, 7) is 9.22. The Morgan fingerprint density at radius 3 is 2.31 bits per heavy atom. The molecule has 1 heterocycles. The van der Waals surface area contributed by atoms with Crippen LogP contribution >= 0.6 is 0 Å². The average Bonchev–Trinajstić information content (AvgIpc) is 2.15. The Balaban J connectivity index is 2.51. The lowest BCUT2D eigenvalue weighted by Gasteiger charge is -2.36. The Kier molecular flexibility index (Phi) is 4.15. The summed E-state index contributed by atoms with van der Waals surface area (Å²) in [5.41, 5.74) is 0. The van der Waals surface area contributed by atoms with E-state index in [4.69, 9.17) is 0 Å². The van der Waals surface area contributed by atoms with Crippen LogP contribution in [-0.2, 0) is 4.79 Å². The molecule has 5 heteroatoms. The van der Waals surface area contributed by atoms with Gasteiger partial charge in [0, 0.05) is 25.2 Å². The third kappa shape index (κ3) is 3.12. The first kappa shape index (κ1) is 12.8. The van der Waals surface area contributed by atoms with Crippen molar-refractivity contribution in [2.45, 2.75) is 39.8 Å². The molecule has 1 fully saturated rings. The van der Waals surface area contributed by atoms with E-state index >= 15 is 0 Å².